The minimum atomic E-state index is -4.16. The average Bonchev–Trinajstić information content (AvgIpc) is 2.34. The molecule has 0 saturated heterocycles. The van der Waals surface area contributed by atoms with Crippen molar-refractivity contribution in [1.29, 1.82) is 0 Å². The summed E-state index contributed by atoms with van der Waals surface area (Å²) in [6.07, 6.45) is -2.69. The largest absolute Gasteiger partial charge is 0.468 e. The van der Waals surface area contributed by atoms with Gasteiger partial charge in [0.05, 0.1) is 13.5 Å². The third-order valence-electron chi connectivity index (χ3n) is 3.72. The van der Waals surface area contributed by atoms with Crippen LogP contribution in [-0.2, 0) is 9.53 Å². The summed E-state index contributed by atoms with van der Waals surface area (Å²) in [5.74, 6) is -0.485. The van der Waals surface area contributed by atoms with Gasteiger partial charge >= 0.3 is 12.1 Å². The molecule has 0 spiro atoms. The Morgan fingerprint density at radius 1 is 1.53 bits per heavy atom. The second kappa shape index (κ2) is 6.09. The number of halogens is 3. The molecule has 0 aromatic rings. The molecule has 1 saturated carbocycles. The zero-order valence-corrected chi connectivity index (χ0v) is 11.3. The van der Waals surface area contributed by atoms with E-state index < -0.39 is 24.1 Å². The van der Waals surface area contributed by atoms with Crippen LogP contribution >= 0.6 is 0 Å². The first-order valence-electron chi connectivity index (χ1n) is 6.32. The predicted molar refractivity (Wildman–Crippen MR) is 64.5 cm³/mol. The summed E-state index contributed by atoms with van der Waals surface area (Å²) in [6, 6.07) is -0.111. The van der Waals surface area contributed by atoms with E-state index in [4.69, 9.17) is 5.73 Å². The highest BCUT2D eigenvalue weighted by Gasteiger charge is 2.41. The van der Waals surface area contributed by atoms with Gasteiger partial charge in [-0.05, 0) is 32.7 Å². The lowest BCUT2D eigenvalue weighted by Crippen LogP contribution is -2.55. The maximum atomic E-state index is 12.2. The quantitative estimate of drug-likeness (QED) is 0.797. The van der Waals surface area contributed by atoms with E-state index in [2.05, 4.69) is 4.74 Å². The molecule has 112 valence electrons. The topological polar surface area (TPSA) is 55.6 Å². The van der Waals surface area contributed by atoms with E-state index in [-0.39, 0.29) is 12.6 Å². The predicted octanol–water partition coefficient (Wildman–Crippen LogP) is 1.68. The summed E-state index contributed by atoms with van der Waals surface area (Å²) in [5, 5.41) is 0. The van der Waals surface area contributed by atoms with Crippen molar-refractivity contribution < 1.29 is 22.7 Å². The molecule has 0 aromatic carbocycles. The van der Waals surface area contributed by atoms with Crippen molar-refractivity contribution in [3.8, 4) is 0 Å². The van der Waals surface area contributed by atoms with Gasteiger partial charge < -0.3 is 15.4 Å². The summed E-state index contributed by atoms with van der Waals surface area (Å²) in [6.45, 7) is -0.0780. The van der Waals surface area contributed by atoms with Crippen LogP contribution < -0.4 is 5.73 Å². The van der Waals surface area contributed by atoms with E-state index in [0.29, 0.717) is 19.3 Å². The van der Waals surface area contributed by atoms with E-state index in [1.54, 1.807) is 11.9 Å². The van der Waals surface area contributed by atoms with Gasteiger partial charge in [0.2, 0.25) is 0 Å². The molecule has 4 nitrogen and oxygen atoms in total. The highest BCUT2D eigenvalue weighted by Crippen LogP contribution is 2.30. The van der Waals surface area contributed by atoms with Crippen molar-refractivity contribution in [3.05, 3.63) is 0 Å². The van der Waals surface area contributed by atoms with Crippen molar-refractivity contribution in [3.63, 3.8) is 0 Å². The average molecular weight is 282 g/mol. The lowest BCUT2D eigenvalue weighted by molar-refractivity contribution is -0.150. The van der Waals surface area contributed by atoms with Gasteiger partial charge in [-0.15, -0.1) is 0 Å². The molecular formula is C12H21F3N2O2. The molecular weight excluding hydrogens is 261 g/mol. The van der Waals surface area contributed by atoms with Crippen LogP contribution in [0.2, 0.25) is 0 Å². The molecule has 2 N–H and O–H groups in total. The highest BCUT2D eigenvalue weighted by atomic mass is 19.4. The van der Waals surface area contributed by atoms with Crippen LogP contribution in [0.1, 0.15) is 32.1 Å². The highest BCUT2D eigenvalue weighted by molar-refractivity contribution is 5.80. The molecule has 1 aliphatic rings. The summed E-state index contributed by atoms with van der Waals surface area (Å²) in [4.78, 5) is 13.3. The zero-order chi connectivity index (χ0) is 14.7. The Morgan fingerprint density at radius 2 is 2.16 bits per heavy atom. The molecule has 0 heterocycles. The van der Waals surface area contributed by atoms with Crippen LogP contribution in [-0.4, -0.2) is 49.3 Å². The standard InChI is InChI=1S/C12H21F3N2O2/c1-17(7-6-12(13,14)15)9-4-3-5-11(16,8-9)10(18)19-2/h9H,3-8,16H2,1-2H3. The molecule has 7 heteroatoms. The molecule has 0 aliphatic heterocycles. The van der Waals surface area contributed by atoms with E-state index >= 15 is 0 Å². The smallest absolute Gasteiger partial charge is 0.390 e. The van der Waals surface area contributed by atoms with Crippen molar-refractivity contribution in [2.24, 2.45) is 5.73 Å². The molecule has 0 radical (unpaired) electrons. The maximum absolute atomic E-state index is 12.2. The Labute approximate surface area is 111 Å². The van der Waals surface area contributed by atoms with Gasteiger partial charge in [0, 0.05) is 12.6 Å². The van der Waals surface area contributed by atoms with Gasteiger partial charge in [-0.3, -0.25) is 4.79 Å². The molecule has 0 aromatic heterocycles. The first kappa shape index (κ1) is 16.2. The number of hydrogen-bond donors (Lipinski definition) is 1. The Bertz CT molecular complexity index is 323. The normalized spacial score (nSPS) is 28.5. The molecule has 0 bridgehead atoms. The first-order chi connectivity index (χ1) is 8.68. The Balaban J connectivity index is 2.57. The van der Waals surface area contributed by atoms with Gasteiger partial charge in [-0.25, -0.2) is 0 Å². The van der Waals surface area contributed by atoms with Crippen LogP contribution in [0.15, 0.2) is 0 Å². The Kier molecular flexibility index (Phi) is 5.20. The number of carbonyl (C=O) groups is 1. The number of rotatable bonds is 4. The van der Waals surface area contributed by atoms with Gasteiger partial charge in [0.15, 0.2) is 0 Å². The minimum Gasteiger partial charge on any atom is -0.468 e. The fraction of sp³-hybridized carbons (Fsp3) is 0.917. The van der Waals surface area contributed by atoms with Crippen LogP contribution in [0.5, 0.6) is 0 Å². The van der Waals surface area contributed by atoms with E-state index in [0.717, 1.165) is 6.42 Å². The van der Waals surface area contributed by atoms with E-state index in [9.17, 15) is 18.0 Å². The number of nitrogens with two attached hydrogens (primary N) is 1. The monoisotopic (exact) mass is 282 g/mol. The Hall–Kier alpha value is -0.820. The van der Waals surface area contributed by atoms with Crippen molar-refractivity contribution >= 4 is 5.97 Å². The minimum absolute atomic E-state index is 0.0780. The second-order valence-electron chi connectivity index (χ2n) is 5.24. The molecule has 1 fully saturated rings. The van der Waals surface area contributed by atoms with Crippen LogP contribution in [0.3, 0.4) is 0 Å². The summed E-state index contributed by atoms with van der Waals surface area (Å²) >= 11 is 0. The van der Waals surface area contributed by atoms with Crippen LogP contribution in [0.4, 0.5) is 13.2 Å². The third-order valence-corrected chi connectivity index (χ3v) is 3.72. The second-order valence-corrected chi connectivity index (χ2v) is 5.24. The molecule has 19 heavy (non-hydrogen) atoms. The van der Waals surface area contributed by atoms with Crippen molar-refractivity contribution in [2.75, 3.05) is 20.7 Å². The number of nitrogens with zero attached hydrogens (tertiary/aromatic N) is 1. The van der Waals surface area contributed by atoms with Crippen LogP contribution in [0, 0.1) is 0 Å². The molecule has 2 unspecified atom stereocenters. The summed E-state index contributed by atoms with van der Waals surface area (Å²) < 4.78 is 41.3. The van der Waals surface area contributed by atoms with Gasteiger partial charge in [0.1, 0.15) is 5.54 Å². The molecule has 1 aliphatic carbocycles. The van der Waals surface area contributed by atoms with Crippen molar-refractivity contribution in [1.82, 2.24) is 4.90 Å². The fourth-order valence-corrected chi connectivity index (χ4v) is 2.53. The summed E-state index contributed by atoms with van der Waals surface area (Å²) in [7, 11) is 2.91. The van der Waals surface area contributed by atoms with Crippen molar-refractivity contribution in [2.45, 2.75) is 49.9 Å². The molecule has 2 atom stereocenters. The van der Waals surface area contributed by atoms with Gasteiger partial charge in [-0.1, -0.05) is 0 Å². The number of alkyl halides is 3. The lowest BCUT2D eigenvalue weighted by atomic mass is 9.79. The van der Waals surface area contributed by atoms with E-state index in [1.165, 1.54) is 7.11 Å². The fourth-order valence-electron chi connectivity index (χ4n) is 2.53. The zero-order valence-electron chi connectivity index (χ0n) is 11.3. The van der Waals surface area contributed by atoms with Gasteiger partial charge in [-0.2, -0.15) is 13.2 Å². The SMILES string of the molecule is COC(=O)C1(N)CCCC(N(C)CCC(F)(F)F)C1. The van der Waals surface area contributed by atoms with E-state index in [1.807, 2.05) is 0 Å². The number of methoxy groups -OCH3 is 1. The molecule has 1 rings (SSSR count). The number of carbonyl (C=O) groups excluding carboxylic acids is 1. The number of hydrogen-bond acceptors (Lipinski definition) is 4. The molecule has 0 amide bonds. The number of esters is 1. The Morgan fingerprint density at radius 3 is 2.68 bits per heavy atom. The first-order valence-corrected chi connectivity index (χ1v) is 6.32. The number of ether oxygens (including phenoxy) is 1. The maximum Gasteiger partial charge on any atom is 0.390 e. The summed E-state index contributed by atoms with van der Waals surface area (Å²) in [5.41, 5.74) is 4.93. The van der Waals surface area contributed by atoms with Crippen LogP contribution in [0.25, 0.3) is 0 Å². The van der Waals surface area contributed by atoms with Gasteiger partial charge in [0.25, 0.3) is 0 Å². The lowest BCUT2D eigenvalue weighted by Gasteiger charge is -2.39. The third kappa shape index (κ3) is 4.65.